The fourth-order valence-corrected chi connectivity index (χ4v) is 2.28. The summed E-state index contributed by atoms with van der Waals surface area (Å²) in [6, 6.07) is 4.18. The normalized spacial score (nSPS) is 22.1. The van der Waals surface area contributed by atoms with E-state index in [0.29, 0.717) is 5.25 Å². The molecule has 2 heterocycles. The zero-order valence-corrected chi connectivity index (χ0v) is 8.51. The van der Waals surface area contributed by atoms with Gasteiger partial charge in [-0.25, -0.2) is 4.98 Å². The predicted molar refractivity (Wildman–Crippen MR) is 54.1 cm³/mol. The van der Waals surface area contributed by atoms with Crippen LogP contribution in [0.25, 0.3) is 0 Å². The van der Waals surface area contributed by atoms with Crippen LogP contribution in [0.5, 0.6) is 0 Å². The highest BCUT2D eigenvalue weighted by Gasteiger charge is 2.16. The van der Waals surface area contributed by atoms with Crippen LogP contribution in [0.1, 0.15) is 12.0 Å². The molecule has 2 nitrogen and oxygen atoms in total. The van der Waals surface area contributed by atoms with Crippen LogP contribution in [-0.4, -0.2) is 23.4 Å². The molecule has 0 spiro atoms. The third-order valence-electron chi connectivity index (χ3n) is 2.06. The molecule has 1 aromatic rings. The van der Waals surface area contributed by atoms with E-state index in [0.717, 1.165) is 24.7 Å². The lowest BCUT2D eigenvalue weighted by Gasteiger charge is -2.05. The third-order valence-corrected chi connectivity index (χ3v) is 3.25. The molecular formula is C10H13NOS. The standard InChI is InChI=1S/C10H13NOS/c1-8-2-3-10(11-6-8)13-9-4-5-12-7-9/h2-3,6,9H,4-5,7H2,1H3. The van der Waals surface area contributed by atoms with Crippen LogP contribution >= 0.6 is 11.8 Å². The van der Waals surface area contributed by atoms with Gasteiger partial charge in [-0.15, -0.1) is 11.8 Å². The van der Waals surface area contributed by atoms with Crippen LogP contribution < -0.4 is 0 Å². The number of aryl methyl sites for hydroxylation is 1. The van der Waals surface area contributed by atoms with Crippen molar-refractivity contribution >= 4 is 11.8 Å². The molecule has 0 amide bonds. The summed E-state index contributed by atoms with van der Waals surface area (Å²) in [5, 5.41) is 1.72. The highest BCUT2D eigenvalue weighted by atomic mass is 32.2. The number of rotatable bonds is 2. The third kappa shape index (κ3) is 2.45. The van der Waals surface area contributed by atoms with Gasteiger partial charge in [0.25, 0.3) is 0 Å². The van der Waals surface area contributed by atoms with Gasteiger partial charge in [-0.05, 0) is 25.0 Å². The molecule has 1 saturated heterocycles. The van der Waals surface area contributed by atoms with E-state index < -0.39 is 0 Å². The Hall–Kier alpha value is -0.540. The Labute approximate surface area is 82.7 Å². The van der Waals surface area contributed by atoms with Gasteiger partial charge in [0.05, 0.1) is 11.6 Å². The molecule has 0 aliphatic carbocycles. The quantitative estimate of drug-likeness (QED) is 0.722. The van der Waals surface area contributed by atoms with Crippen molar-refractivity contribution in [3.63, 3.8) is 0 Å². The maximum Gasteiger partial charge on any atom is 0.0963 e. The Morgan fingerprint density at radius 2 is 2.46 bits per heavy atom. The van der Waals surface area contributed by atoms with Crippen molar-refractivity contribution in [3.8, 4) is 0 Å². The number of hydrogen-bond acceptors (Lipinski definition) is 3. The minimum Gasteiger partial charge on any atom is -0.380 e. The largest absolute Gasteiger partial charge is 0.380 e. The first kappa shape index (κ1) is 9.03. The molecule has 1 aliphatic heterocycles. The SMILES string of the molecule is Cc1ccc(SC2CCOC2)nc1. The van der Waals surface area contributed by atoms with Gasteiger partial charge in [0.15, 0.2) is 0 Å². The molecular weight excluding hydrogens is 182 g/mol. The topological polar surface area (TPSA) is 22.1 Å². The molecule has 0 aromatic carbocycles. The van der Waals surface area contributed by atoms with Crippen LogP contribution in [-0.2, 0) is 4.74 Å². The zero-order chi connectivity index (χ0) is 9.10. The lowest BCUT2D eigenvalue weighted by atomic mass is 10.3. The number of thioether (sulfide) groups is 1. The van der Waals surface area contributed by atoms with E-state index in [1.54, 1.807) is 0 Å². The second-order valence-electron chi connectivity index (χ2n) is 3.28. The van der Waals surface area contributed by atoms with E-state index in [4.69, 9.17) is 4.74 Å². The smallest absolute Gasteiger partial charge is 0.0963 e. The Morgan fingerprint density at radius 1 is 1.54 bits per heavy atom. The molecule has 0 bridgehead atoms. The first-order valence-corrected chi connectivity index (χ1v) is 5.39. The fraction of sp³-hybridized carbons (Fsp3) is 0.500. The number of nitrogens with zero attached hydrogens (tertiary/aromatic N) is 1. The average molecular weight is 195 g/mol. The van der Waals surface area contributed by atoms with Crippen LogP contribution in [0.15, 0.2) is 23.4 Å². The van der Waals surface area contributed by atoms with Crippen molar-refractivity contribution in [2.24, 2.45) is 0 Å². The minimum atomic E-state index is 0.607. The fourth-order valence-electron chi connectivity index (χ4n) is 1.30. The summed E-state index contributed by atoms with van der Waals surface area (Å²) in [6.45, 7) is 3.84. The molecule has 1 atom stereocenters. The minimum absolute atomic E-state index is 0.607. The van der Waals surface area contributed by atoms with E-state index in [1.165, 1.54) is 5.56 Å². The maximum absolute atomic E-state index is 5.30. The summed E-state index contributed by atoms with van der Waals surface area (Å²) in [5.74, 6) is 0. The van der Waals surface area contributed by atoms with Gasteiger partial charge in [0, 0.05) is 18.1 Å². The van der Waals surface area contributed by atoms with Gasteiger partial charge in [-0.3, -0.25) is 0 Å². The molecule has 13 heavy (non-hydrogen) atoms. The van der Waals surface area contributed by atoms with Gasteiger partial charge in [-0.2, -0.15) is 0 Å². The van der Waals surface area contributed by atoms with Gasteiger partial charge >= 0.3 is 0 Å². The van der Waals surface area contributed by atoms with Crippen molar-refractivity contribution in [1.82, 2.24) is 4.98 Å². The Balaban J connectivity index is 1.97. The van der Waals surface area contributed by atoms with Gasteiger partial charge in [0.2, 0.25) is 0 Å². The summed E-state index contributed by atoms with van der Waals surface area (Å²) in [4.78, 5) is 4.35. The van der Waals surface area contributed by atoms with Crippen LogP contribution in [0.3, 0.4) is 0 Å². The van der Waals surface area contributed by atoms with Crippen LogP contribution in [0.4, 0.5) is 0 Å². The van der Waals surface area contributed by atoms with Crippen molar-refractivity contribution in [2.75, 3.05) is 13.2 Å². The zero-order valence-electron chi connectivity index (χ0n) is 7.69. The van der Waals surface area contributed by atoms with Gasteiger partial charge in [-0.1, -0.05) is 6.07 Å². The van der Waals surface area contributed by atoms with E-state index >= 15 is 0 Å². The molecule has 1 aliphatic rings. The van der Waals surface area contributed by atoms with Crippen molar-refractivity contribution < 1.29 is 4.74 Å². The van der Waals surface area contributed by atoms with Gasteiger partial charge < -0.3 is 4.74 Å². The Morgan fingerprint density at radius 3 is 3.08 bits per heavy atom. The number of hydrogen-bond donors (Lipinski definition) is 0. The van der Waals surface area contributed by atoms with Crippen molar-refractivity contribution in [1.29, 1.82) is 0 Å². The highest BCUT2D eigenvalue weighted by molar-refractivity contribution is 7.99. The highest BCUT2D eigenvalue weighted by Crippen LogP contribution is 2.26. The van der Waals surface area contributed by atoms with Crippen LogP contribution in [0, 0.1) is 6.92 Å². The Kier molecular flexibility index (Phi) is 2.86. The predicted octanol–water partition coefficient (Wildman–Crippen LogP) is 2.27. The molecule has 1 fully saturated rings. The molecule has 70 valence electrons. The van der Waals surface area contributed by atoms with Crippen LogP contribution in [0.2, 0.25) is 0 Å². The molecule has 1 aromatic heterocycles. The van der Waals surface area contributed by atoms with Crippen molar-refractivity contribution in [3.05, 3.63) is 23.9 Å². The molecule has 2 rings (SSSR count). The van der Waals surface area contributed by atoms with E-state index in [1.807, 2.05) is 18.0 Å². The lowest BCUT2D eigenvalue weighted by Crippen LogP contribution is -2.00. The van der Waals surface area contributed by atoms with Gasteiger partial charge in [0.1, 0.15) is 0 Å². The molecule has 3 heteroatoms. The monoisotopic (exact) mass is 195 g/mol. The van der Waals surface area contributed by atoms with E-state index in [2.05, 4.69) is 24.0 Å². The summed E-state index contributed by atoms with van der Waals surface area (Å²) in [7, 11) is 0. The summed E-state index contributed by atoms with van der Waals surface area (Å²) in [6.07, 6.45) is 3.07. The second-order valence-corrected chi connectivity index (χ2v) is 4.60. The molecule has 0 radical (unpaired) electrons. The molecule has 0 saturated carbocycles. The number of ether oxygens (including phenoxy) is 1. The summed E-state index contributed by atoms with van der Waals surface area (Å²) in [5.41, 5.74) is 1.21. The average Bonchev–Trinajstić information content (AvgIpc) is 2.62. The Bertz CT molecular complexity index is 267. The summed E-state index contributed by atoms with van der Waals surface area (Å²) < 4.78 is 5.30. The molecule has 1 unspecified atom stereocenters. The second kappa shape index (κ2) is 4.11. The first-order chi connectivity index (χ1) is 6.34. The number of aromatic nitrogens is 1. The number of pyridine rings is 1. The molecule has 0 N–H and O–H groups in total. The summed E-state index contributed by atoms with van der Waals surface area (Å²) >= 11 is 1.82. The maximum atomic E-state index is 5.30. The van der Waals surface area contributed by atoms with Crippen molar-refractivity contribution in [2.45, 2.75) is 23.6 Å². The van der Waals surface area contributed by atoms with E-state index in [-0.39, 0.29) is 0 Å². The first-order valence-electron chi connectivity index (χ1n) is 4.51. The lowest BCUT2D eigenvalue weighted by molar-refractivity contribution is 0.199. The van der Waals surface area contributed by atoms with E-state index in [9.17, 15) is 0 Å².